The van der Waals surface area contributed by atoms with Gasteiger partial charge in [0.15, 0.2) is 0 Å². The molecular weight excluding hydrogens is 214 g/mol. The quantitative estimate of drug-likeness (QED) is 0.780. The van der Waals surface area contributed by atoms with Crippen LogP contribution in [0.2, 0.25) is 0 Å². The molecule has 0 bridgehead atoms. The van der Waals surface area contributed by atoms with Crippen molar-refractivity contribution in [2.24, 2.45) is 0 Å². The van der Waals surface area contributed by atoms with Gasteiger partial charge < -0.3 is 10.4 Å². The molecule has 1 heterocycles. The number of nitrogens with zero attached hydrogens (tertiary/aromatic N) is 2. The lowest BCUT2D eigenvalue weighted by Crippen LogP contribution is -2.32. The van der Waals surface area contributed by atoms with Gasteiger partial charge >= 0.3 is 0 Å². The monoisotopic (exact) mass is 229 g/mol. The number of aryl methyl sites for hydroxylation is 1. The minimum atomic E-state index is -0.132. The Kier molecular flexibility index (Phi) is 4.64. The van der Waals surface area contributed by atoms with E-state index in [1.165, 1.54) is 0 Å². The second kappa shape index (κ2) is 5.77. The number of carbonyl (C=O) groups excluding carboxylic acids is 1. The number of aliphatic hydroxyl groups excluding tert-OH is 1. The van der Waals surface area contributed by atoms with Crippen LogP contribution < -0.4 is 5.32 Å². The van der Waals surface area contributed by atoms with E-state index in [9.17, 15) is 4.79 Å². The Morgan fingerprint density at radius 2 is 2.40 bits per heavy atom. The van der Waals surface area contributed by atoms with Crippen LogP contribution in [-0.2, 0) is 0 Å². The van der Waals surface area contributed by atoms with Crippen LogP contribution in [0.15, 0.2) is 0 Å². The predicted molar refractivity (Wildman–Crippen MR) is 57.9 cm³/mol. The zero-order valence-electron chi connectivity index (χ0n) is 8.86. The van der Waals surface area contributed by atoms with E-state index in [1.807, 2.05) is 6.92 Å². The summed E-state index contributed by atoms with van der Waals surface area (Å²) in [4.78, 5) is 12.2. The zero-order valence-corrected chi connectivity index (χ0v) is 9.67. The molecule has 0 spiro atoms. The summed E-state index contributed by atoms with van der Waals surface area (Å²) < 4.78 is 3.70. The van der Waals surface area contributed by atoms with Crippen molar-refractivity contribution in [1.82, 2.24) is 14.9 Å². The van der Waals surface area contributed by atoms with Crippen molar-refractivity contribution in [3.63, 3.8) is 0 Å². The fourth-order valence-corrected chi connectivity index (χ4v) is 1.76. The molecule has 0 aromatic carbocycles. The van der Waals surface area contributed by atoms with Crippen LogP contribution >= 0.6 is 11.5 Å². The molecule has 1 aromatic rings. The molecule has 84 valence electrons. The molecule has 2 N–H and O–H groups in total. The Balaban J connectivity index is 2.46. The fourth-order valence-electron chi connectivity index (χ4n) is 1.20. The van der Waals surface area contributed by atoms with Gasteiger partial charge in [-0.1, -0.05) is 4.49 Å². The smallest absolute Gasteiger partial charge is 0.265 e. The molecule has 1 atom stereocenters. The van der Waals surface area contributed by atoms with E-state index >= 15 is 0 Å². The molecule has 0 fully saturated rings. The van der Waals surface area contributed by atoms with E-state index < -0.39 is 0 Å². The summed E-state index contributed by atoms with van der Waals surface area (Å²) in [6.07, 6.45) is 1.47. The largest absolute Gasteiger partial charge is 0.396 e. The third-order valence-corrected chi connectivity index (χ3v) is 2.86. The fraction of sp³-hybridized carbons (Fsp3) is 0.667. The van der Waals surface area contributed by atoms with Gasteiger partial charge in [0, 0.05) is 12.6 Å². The lowest BCUT2D eigenvalue weighted by atomic mass is 10.2. The maximum Gasteiger partial charge on any atom is 0.265 e. The van der Waals surface area contributed by atoms with Crippen LogP contribution in [0.3, 0.4) is 0 Å². The molecule has 1 amide bonds. The molecule has 1 aromatic heterocycles. The zero-order chi connectivity index (χ0) is 11.3. The first-order valence-electron chi connectivity index (χ1n) is 4.85. The van der Waals surface area contributed by atoms with Crippen molar-refractivity contribution >= 4 is 17.4 Å². The lowest BCUT2D eigenvalue weighted by molar-refractivity contribution is 0.0939. The average Bonchev–Trinajstić information content (AvgIpc) is 2.61. The summed E-state index contributed by atoms with van der Waals surface area (Å²) in [5.74, 6) is -0.132. The summed E-state index contributed by atoms with van der Waals surface area (Å²) in [6, 6.07) is 0.0612. The normalized spacial score (nSPS) is 12.5. The number of amides is 1. The molecular formula is C9H15N3O2S. The van der Waals surface area contributed by atoms with Crippen LogP contribution in [0.1, 0.15) is 35.1 Å². The molecule has 6 heteroatoms. The number of nitrogens with one attached hydrogen (secondary N) is 1. The van der Waals surface area contributed by atoms with Gasteiger partial charge in [0.1, 0.15) is 4.88 Å². The highest BCUT2D eigenvalue weighted by Crippen LogP contribution is 2.09. The summed E-state index contributed by atoms with van der Waals surface area (Å²) >= 11 is 1.10. The third kappa shape index (κ3) is 3.56. The molecule has 0 aliphatic carbocycles. The second-order valence-electron chi connectivity index (χ2n) is 3.43. The molecule has 1 unspecified atom stereocenters. The Bertz CT molecular complexity index is 327. The van der Waals surface area contributed by atoms with E-state index in [0.717, 1.165) is 18.0 Å². The number of hydrogen-bond acceptors (Lipinski definition) is 5. The van der Waals surface area contributed by atoms with E-state index in [4.69, 9.17) is 5.11 Å². The van der Waals surface area contributed by atoms with E-state index in [0.29, 0.717) is 17.0 Å². The molecule has 5 nitrogen and oxygen atoms in total. The first-order chi connectivity index (χ1) is 7.15. The maximum absolute atomic E-state index is 11.7. The number of aliphatic hydroxyl groups is 1. The van der Waals surface area contributed by atoms with Crippen LogP contribution in [0.4, 0.5) is 0 Å². The van der Waals surface area contributed by atoms with E-state index in [2.05, 4.69) is 14.9 Å². The minimum absolute atomic E-state index is 0.0612. The molecule has 1 rings (SSSR count). The molecule has 0 aliphatic rings. The standard InChI is InChI=1S/C9H15N3O2S/c1-6(4-3-5-13)10-9(14)8-7(2)11-12-15-8/h6,13H,3-5H2,1-2H3,(H,10,14). The average molecular weight is 229 g/mol. The number of rotatable bonds is 5. The predicted octanol–water partition coefficient (Wildman–Crippen LogP) is 0.737. The maximum atomic E-state index is 11.7. The highest BCUT2D eigenvalue weighted by atomic mass is 32.1. The van der Waals surface area contributed by atoms with Gasteiger partial charge in [-0.3, -0.25) is 4.79 Å². The van der Waals surface area contributed by atoms with Gasteiger partial charge in [0.05, 0.1) is 5.69 Å². The third-order valence-electron chi connectivity index (χ3n) is 2.03. The first kappa shape index (κ1) is 12.1. The van der Waals surface area contributed by atoms with E-state index in [1.54, 1.807) is 6.92 Å². The van der Waals surface area contributed by atoms with Crippen molar-refractivity contribution in [1.29, 1.82) is 0 Å². The van der Waals surface area contributed by atoms with Gasteiger partial charge in [-0.15, -0.1) is 5.10 Å². The molecule has 0 saturated heterocycles. The van der Waals surface area contributed by atoms with Crippen LogP contribution in [0.5, 0.6) is 0 Å². The minimum Gasteiger partial charge on any atom is -0.396 e. The Hall–Kier alpha value is -1.01. The molecule has 0 saturated carbocycles. The molecule has 0 radical (unpaired) electrons. The number of hydrogen-bond donors (Lipinski definition) is 2. The van der Waals surface area contributed by atoms with Crippen molar-refractivity contribution < 1.29 is 9.90 Å². The SMILES string of the molecule is Cc1nnsc1C(=O)NC(C)CCCO. The van der Waals surface area contributed by atoms with Gasteiger partial charge in [-0.2, -0.15) is 0 Å². The summed E-state index contributed by atoms with van der Waals surface area (Å²) in [5, 5.41) is 15.3. The van der Waals surface area contributed by atoms with Crippen molar-refractivity contribution in [2.75, 3.05) is 6.61 Å². The Labute approximate surface area is 92.7 Å². The Morgan fingerprint density at radius 3 is 2.93 bits per heavy atom. The van der Waals surface area contributed by atoms with Gasteiger partial charge in [0.25, 0.3) is 5.91 Å². The Morgan fingerprint density at radius 1 is 1.67 bits per heavy atom. The van der Waals surface area contributed by atoms with Crippen LogP contribution in [-0.4, -0.2) is 33.2 Å². The summed E-state index contributed by atoms with van der Waals surface area (Å²) in [7, 11) is 0. The van der Waals surface area contributed by atoms with Crippen LogP contribution in [0.25, 0.3) is 0 Å². The van der Waals surface area contributed by atoms with Gasteiger partial charge in [-0.05, 0) is 38.2 Å². The van der Waals surface area contributed by atoms with Gasteiger partial charge in [0.2, 0.25) is 0 Å². The summed E-state index contributed by atoms with van der Waals surface area (Å²) in [6.45, 7) is 3.83. The number of carbonyl (C=O) groups is 1. The molecule has 0 aliphatic heterocycles. The molecule has 15 heavy (non-hydrogen) atoms. The highest BCUT2D eigenvalue weighted by molar-refractivity contribution is 7.07. The van der Waals surface area contributed by atoms with Crippen molar-refractivity contribution in [2.45, 2.75) is 32.7 Å². The first-order valence-corrected chi connectivity index (χ1v) is 5.63. The van der Waals surface area contributed by atoms with Crippen molar-refractivity contribution in [3.05, 3.63) is 10.6 Å². The van der Waals surface area contributed by atoms with Gasteiger partial charge in [-0.25, -0.2) is 0 Å². The topological polar surface area (TPSA) is 75.1 Å². The summed E-state index contributed by atoms with van der Waals surface area (Å²) in [5.41, 5.74) is 0.659. The number of aromatic nitrogens is 2. The highest BCUT2D eigenvalue weighted by Gasteiger charge is 2.14. The van der Waals surface area contributed by atoms with E-state index in [-0.39, 0.29) is 18.6 Å². The lowest BCUT2D eigenvalue weighted by Gasteiger charge is -2.11. The van der Waals surface area contributed by atoms with Crippen molar-refractivity contribution in [3.8, 4) is 0 Å². The second-order valence-corrected chi connectivity index (χ2v) is 4.18. The van der Waals surface area contributed by atoms with Crippen LogP contribution in [0, 0.1) is 6.92 Å².